The zero-order valence-corrected chi connectivity index (χ0v) is 12.8. The van der Waals surface area contributed by atoms with Crippen LogP contribution in [0.4, 0.5) is 0 Å². The molecule has 1 heterocycles. The maximum atomic E-state index is 12.1. The maximum Gasteiger partial charge on any atom is 0.220 e. The molecule has 20 heavy (non-hydrogen) atoms. The Balaban J connectivity index is 1.81. The molecule has 1 fully saturated rings. The topological polar surface area (TPSA) is 59.8 Å². The van der Waals surface area contributed by atoms with E-state index in [1.807, 2.05) is 18.5 Å². The average Bonchev–Trinajstić information content (AvgIpc) is 2.86. The van der Waals surface area contributed by atoms with Crippen molar-refractivity contribution in [1.82, 2.24) is 20.1 Å². The van der Waals surface area contributed by atoms with Crippen LogP contribution in [-0.4, -0.2) is 20.7 Å². The van der Waals surface area contributed by atoms with Crippen LogP contribution >= 0.6 is 0 Å². The molecule has 5 nitrogen and oxygen atoms in total. The van der Waals surface area contributed by atoms with Gasteiger partial charge in [0.15, 0.2) is 5.82 Å². The Morgan fingerprint density at radius 3 is 2.70 bits per heavy atom. The Kier molecular flexibility index (Phi) is 5.15. The Labute approximate surface area is 121 Å². The third-order valence-corrected chi connectivity index (χ3v) is 4.47. The van der Waals surface area contributed by atoms with Gasteiger partial charge in [0.25, 0.3) is 0 Å². The van der Waals surface area contributed by atoms with Crippen molar-refractivity contribution in [1.29, 1.82) is 0 Å². The van der Waals surface area contributed by atoms with Gasteiger partial charge < -0.3 is 9.88 Å². The highest BCUT2D eigenvalue weighted by molar-refractivity contribution is 5.76. The monoisotopic (exact) mass is 278 g/mol. The fourth-order valence-corrected chi connectivity index (χ4v) is 3.21. The largest absolute Gasteiger partial charge is 0.346 e. The highest BCUT2D eigenvalue weighted by Crippen LogP contribution is 2.31. The second kappa shape index (κ2) is 6.86. The van der Waals surface area contributed by atoms with Gasteiger partial charge in [0.05, 0.1) is 6.04 Å². The minimum Gasteiger partial charge on any atom is -0.346 e. The molecule has 0 bridgehead atoms. The van der Waals surface area contributed by atoms with Crippen LogP contribution in [0, 0.1) is 11.8 Å². The van der Waals surface area contributed by atoms with E-state index in [9.17, 15) is 4.79 Å². The molecule has 0 radical (unpaired) electrons. The number of nitrogens with one attached hydrogen (secondary N) is 1. The number of carbonyl (C=O) groups excluding carboxylic acids is 1. The minimum atomic E-state index is -0.0893. The summed E-state index contributed by atoms with van der Waals surface area (Å²) in [7, 11) is 1.89. The van der Waals surface area contributed by atoms with Crippen LogP contribution in [0.15, 0.2) is 6.33 Å². The second-order valence-corrected chi connectivity index (χ2v) is 6.17. The van der Waals surface area contributed by atoms with Gasteiger partial charge in [-0.25, -0.2) is 0 Å². The minimum absolute atomic E-state index is 0.0893. The van der Waals surface area contributed by atoms with Gasteiger partial charge in [-0.3, -0.25) is 4.79 Å². The second-order valence-electron chi connectivity index (χ2n) is 6.17. The van der Waals surface area contributed by atoms with Crippen LogP contribution in [0.3, 0.4) is 0 Å². The molecule has 1 aliphatic rings. The molecule has 0 aromatic carbocycles. The van der Waals surface area contributed by atoms with Crippen molar-refractivity contribution in [2.45, 2.75) is 58.4 Å². The Morgan fingerprint density at radius 2 is 2.10 bits per heavy atom. The molecule has 1 aliphatic carbocycles. The molecular weight excluding hydrogens is 252 g/mol. The van der Waals surface area contributed by atoms with Gasteiger partial charge in [-0.05, 0) is 18.8 Å². The van der Waals surface area contributed by atoms with Gasteiger partial charge >= 0.3 is 0 Å². The number of aryl methyl sites for hydroxylation is 1. The normalized spacial score (nSPS) is 19.6. The van der Waals surface area contributed by atoms with Gasteiger partial charge in [-0.15, -0.1) is 10.2 Å². The highest BCUT2D eigenvalue weighted by atomic mass is 16.1. The summed E-state index contributed by atoms with van der Waals surface area (Å²) in [5, 5.41) is 10.9. The van der Waals surface area contributed by atoms with Gasteiger partial charge in [0, 0.05) is 13.5 Å². The Morgan fingerprint density at radius 1 is 1.40 bits per heavy atom. The van der Waals surface area contributed by atoms with E-state index in [-0.39, 0.29) is 11.9 Å². The van der Waals surface area contributed by atoms with E-state index in [2.05, 4.69) is 22.4 Å². The lowest BCUT2D eigenvalue weighted by Crippen LogP contribution is -2.31. The van der Waals surface area contributed by atoms with Crippen molar-refractivity contribution in [3.63, 3.8) is 0 Å². The lowest BCUT2D eigenvalue weighted by molar-refractivity contribution is -0.123. The quantitative estimate of drug-likeness (QED) is 0.900. The van der Waals surface area contributed by atoms with Gasteiger partial charge in [0.2, 0.25) is 5.91 Å². The number of amides is 1. The molecular formula is C15H26N4O. The first kappa shape index (κ1) is 15.0. The lowest BCUT2D eigenvalue weighted by Gasteiger charge is -2.27. The fourth-order valence-electron chi connectivity index (χ4n) is 3.21. The zero-order chi connectivity index (χ0) is 14.5. The van der Waals surface area contributed by atoms with Crippen molar-refractivity contribution in [3.05, 3.63) is 12.2 Å². The molecule has 1 saturated carbocycles. The molecule has 0 spiro atoms. The zero-order valence-electron chi connectivity index (χ0n) is 12.8. The molecule has 1 aromatic heterocycles. The van der Waals surface area contributed by atoms with Crippen molar-refractivity contribution >= 4 is 5.91 Å². The summed E-state index contributed by atoms with van der Waals surface area (Å²) in [6.45, 7) is 4.16. The molecule has 1 aromatic rings. The summed E-state index contributed by atoms with van der Waals surface area (Å²) >= 11 is 0. The highest BCUT2D eigenvalue weighted by Gasteiger charge is 2.23. The molecule has 2 atom stereocenters. The molecule has 2 rings (SSSR count). The average molecular weight is 278 g/mol. The van der Waals surface area contributed by atoms with Crippen molar-refractivity contribution in [2.24, 2.45) is 18.9 Å². The molecule has 0 aliphatic heterocycles. The predicted molar refractivity (Wildman–Crippen MR) is 77.9 cm³/mol. The molecule has 0 saturated heterocycles. The molecule has 112 valence electrons. The van der Waals surface area contributed by atoms with Crippen molar-refractivity contribution < 1.29 is 4.79 Å². The fraction of sp³-hybridized carbons (Fsp3) is 0.800. The number of nitrogens with zero attached hydrogens (tertiary/aromatic N) is 3. The van der Waals surface area contributed by atoms with E-state index in [1.54, 1.807) is 6.33 Å². The summed E-state index contributed by atoms with van der Waals surface area (Å²) in [4.78, 5) is 12.1. The Bertz CT molecular complexity index is 437. The number of hydrogen-bond donors (Lipinski definition) is 1. The summed E-state index contributed by atoms with van der Waals surface area (Å²) in [5.41, 5.74) is 0. The van der Waals surface area contributed by atoms with Gasteiger partial charge in [0.1, 0.15) is 6.33 Å². The summed E-state index contributed by atoms with van der Waals surface area (Å²) in [5.74, 6) is 2.11. The van der Waals surface area contributed by atoms with E-state index < -0.39 is 0 Å². The maximum absolute atomic E-state index is 12.1. The predicted octanol–water partition coefficient (Wildman–Crippen LogP) is 2.60. The number of carbonyl (C=O) groups is 1. The van der Waals surface area contributed by atoms with Crippen LogP contribution in [0.2, 0.25) is 0 Å². The molecule has 0 unspecified atom stereocenters. The van der Waals surface area contributed by atoms with Crippen LogP contribution in [0.1, 0.15) is 64.2 Å². The van der Waals surface area contributed by atoms with Gasteiger partial charge in [-0.2, -0.15) is 0 Å². The molecule has 5 heteroatoms. The first-order valence-electron chi connectivity index (χ1n) is 7.71. The van der Waals surface area contributed by atoms with Crippen molar-refractivity contribution in [2.75, 3.05) is 0 Å². The number of aromatic nitrogens is 3. The smallest absolute Gasteiger partial charge is 0.220 e. The lowest BCUT2D eigenvalue weighted by atomic mass is 9.79. The van der Waals surface area contributed by atoms with Gasteiger partial charge in [-0.1, -0.05) is 39.0 Å². The third-order valence-electron chi connectivity index (χ3n) is 4.47. The van der Waals surface area contributed by atoms with Crippen LogP contribution in [-0.2, 0) is 11.8 Å². The van der Waals surface area contributed by atoms with Crippen molar-refractivity contribution in [3.8, 4) is 0 Å². The van der Waals surface area contributed by atoms with Crippen LogP contribution in [0.5, 0.6) is 0 Å². The number of rotatable bonds is 5. The van der Waals surface area contributed by atoms with Crippen LogP contribution < -0.4 is 5.32 Å². The van der Waals surface area contributed by atoms with E-state index in [4.69, 9.17) is 0 Å². The van der Waals surface area contributed by atoms with Crippen LogP contribution in [0.25, 0.3) is 0 Å². The van der Waals surface area contributed by atoms with E-state index >= 15 is 0 Å². The number of hydrogen-bond acceptors (Lipinski definition) is 3. The standard InChI is InChI=1S/C15H26N4O/c1-11(13-7-5-4-6-8-13)9-14(20)17-12(2)15-18-16-10-19(15)3/h10-13H,4-9H2,1-3H3,(H,17,20)/t11-,12-/m0/s1. The van der Waals surface area contributed by atoms with E-state index in [1.165, 1.54) is 32.1 Å². The first-order valence-corrected chi connectivity index (χ1v) is 7.71. The first-order chi connectivity index (χ1) is 9.58. The summed E-state index contributed by atoms with van der Waals surface area (Å²) in [6.07, 6.45) is 8.85. The summed E-state index contributed by atoms with van der Waals surface area (Å²) in [6, 6.07) is -0.0893. The SMILES string of the molecule is C[C@H](NC(=O)C[C@H](C)C1CCCCC1)c1nncn1C. The Hall–Kier alpha value is -1.39. The van der Waals surface area contributed by atoms with E-state index in [0.29, 0.717) is 12.3 Å². The van der Waals surface area contributed by atoms with E-state index in [0.717, 1.165) is 11.7 Å². The summed E-state index contributed by atoms with van der Waals surface area (Å²) < 4.78 is 1.84. The molecule has 1 N–H and O–H groups in total. The molecule has 1 amide bonds. The third kappa shape index (κ3) is 3.81.